The van der Waals surface area contributed by atoms with Crippen LogP contribution in [0.15, 0.2) is 24.3 Å². The highest BCUT2D eigenvalue weighted by atomic mass is 32.2. The fraction of sp³-hybridized carbons (Fsp3) is 0.308. The number of benzene rings is 1. The monoisotopic (exact) mass is 293 g/mol. The van der Waals surface area contributed by atoms with E-state index in [2.05, 4.69) is 46.7 Å². The standard InChI is InChI=1S/C13H15N3OS2/c1-9-3-5-11(6-4-9)7-18-8-12(17)14-13-16-15-10(2)19-13/h3-6H,7-8H2,1-2H3,(H,14,16,17). The minimum atomic E-state index is -0.0340. The lowest BCUT2D eigenvalue weighted by Gasteiger charge is -2.02. The van der Waals surface area contributed by atoms with Crippen molar-refractivity contribution in [3.63, 3.8) is 0 Å². The number of thioether (sulfide) groups is 1. The van der Waals surface area contributed by atoms with E-state index >= 15 is 0 Å². The molecule has 0 aliphatic carbocycles. The Morgan fingerprint density at radius 3 is 2.63 bits per heavy atom. The molecule has 0 saturated carbocycles. The summed E-state index contributed by atoms with van der Waals surface area (Å²) in [7, 11) is 0. The molecule has 2 rings (SSSR count). The molecule has 0 spiro atoms. The highest BCUT2D eigenvalue weighted by Gasteiger charge is 2.06. The number of nitrogens with one attached hydrogen (secondary N) is 1. The summed E-state index contributed by atoms with van der Waals surface area (Å²) in [5.74, 6) is 1.23. The zero-order valence-electron chi connectivity index (χ0n) is 10.8. The lowest BCUT2D eigenvalue weighted by Crippen LogP contribution is -2.13. The molecule has 0 aliphatic rings. The molecule has 0 radical (unpaired) electrons. The van der Waals surface area contributed by atoms with Gasteiger partial charge in [0, 0.05) is 5.75 Å². The molecule has 1 aromatic carbocycles. The summed E-state index contributed by atoms with van der Waals surface area (Å²) in [6.45, 7) is 3.92. The minimum Gasteiger partial charge on any atom is -0.300 e. The van der Waals surface area contributed by atoms with Gasteiger partial charge in [0.15, 0.2) is 0 Å². The summed E-state index contributed by atoms with van der Waals surface area (Å²) >= 11 is 2.97. The average molecular weight is 293 g/mol. The number of rotatable bonds is 5. The van der Waals surface area contributed by atoms with Crippen LogP contribution in [0.3, 0.4) is 0 Å². The number of aryl methyl sites for hydroxylation is 2. The molecule has 1 amide bonds. The third kappa shape index (κ3) is 4.65. The van der Waals surface area contributed by atoms with Crippen molar-refractivity contribution in [3.8, 4) is 0 Å². The summed E-state index contributed by atoms with van der Waals surface area (Å²) < 4.78 is 0. The largest absolute Gasteiger partial charge is 0.300 e. The maximum absolute atomic E-state index is 11.7. The maximum Gasteiger partial charge on any atom is 0.236 e. The molecule has 2 aromatic rings. The molecule has 0 unspecified atom stereocenters. The Morgan fingerprint density at radius 1 is 1.26 bits per heavy atom. The Bertz CT molecular complexity index is 551. The van der Waals surface area contributed by atoms with Crippen molar-refractivity contribution < 1.29 is 4.79 Å². The second-order valence-corrected chi connectivity index (χ2v) is 6.32. The van der Waals surface area contributed by atoms with Gasteiger partial charge in [-0.25, -0.2) is 0 Å². The van der Waals surface area contributed by atoms with E-state index in [1.165, 1.54) is 22.5 Å². The first kappa shape index (κ1) is 14.0. The lowest BCUT2D eigenvalue weighted by molar-refractivity contribution is -0.113. The van der Waals surface area contributed by atoms with Crippen molar-refractivity contribution in [2.75, 3.05) is 11.1 Å². The summed E-state index contributed by atoms with van der Waals surface area (Å²) in [5.41, 5.74) is 2.48. The van der Waals surface area contributed by atoms with Gasteiger partial charge in [0.25, 0.3) is 0 Å². The Hall–Kier alpha value is -1.40. The first-order valence-corrected chi connectivity index (χ1v) is 7.84. The molecule has 1 N–H and O–H groups in total. The van der Waals surface area contributed by atoms with Crippen LogP contribution in [0.25, 0.3) is 0 Å². The first-order valence-electron chi connectivity index (χ1n) is 5.87. The molecule has 19 heavy (non-hydrogen) atoms. The van der Waals surface area contributed by atoms with Crippen LogP contribution in [0.4, 0.5) is 5.13 Å². The lowest BCUT2D eigenvalue weighted by atomic mass is 10.2. The summed E-state index contributed by atoms with van der Waals surface area (Å²) in [6.07, 6.45) is 0. The molecule has 0 aliphatic heterocycles. The second kappa shape index (κ2) is 6.68. The summed E-state index contributed by atoms with van der Waals surface area (Å²) in [5, 5.41) is 11.9. The molecule has 4 nitrogen and oxygen atoms in total. The quantitative estimate of drug-likeness (QED) is 0.920. The third-order valence-electron chi connectivity index (χ3n) is 2.39. The van der Waals surface area contributed by atoms with Gasteiger partial charge in [0.2, 0.25) is 11.0 Å². The number of anilines is 1. The van der Waals surface area contributed by atoms with E-state index in [0.717, 1.165) is 10.8 Å². The van der Waals surface area contributed by atoms with Gasteiger partial charge in [0.1, 0.15) is 5.01 Å². The zero-order valence-corrected chi connectivity index (χ0v) is 12.5. The second-order valence-electron chi connectivity index (χ2n) is 4.15. The molecule has 100 valence electrons. The van der Waals surface area contributed by atoms with E-state index in [9.17, 15) is 4.79 Å². The number of carbonyl (C=O) groups is 1. The van der Waals surface area contributed by atoms with Crippen LogP contribution >= 0.6 is 23.1 Å². The predicted octanol–water partition coefficient (Wildman–Crippen LogP) is 3.03. The molecule has 0 saturated heterocycles. The van der Waals surface area contributed by atoms with Crippen LogP contribution in [0.5, 0.6) is 0 Å². The Balaban J connectivity index is 1.73. The molecule has 0 fully saturated rings. The third-order valence-corrected chi connectivity index (χ3v) is 4.15. The van der Waals surface area contributed by atoms with Crippen LogP contribution in [0.1, 0.15) is 16.1 Å². The number of aromatic nitrogens is 2. The van der Waals surface area contributed by atoms with Crippen LogP contribution < -0.4 is 5.32 Å². The predicted molar refractivity (Wildman–Crippen MR) is 80.6 cm³/mol. The smallest absolute Gasteiger partial charge is 0.236 e. The van der Waals surface area contributed by atoms with Crippen LogP contribution in [-0.2, 0) is 10.5 Å². The van der Waals surface area contributed by atoms with E-state index in [-0.39, 0.29) is 5.91 Å². The Kier molecular flexibility index (Phi) is 4.93. The van der Waals surface area contributed by atoms with Crippen LogP contribution in [-0.4, -0.2) is 21.9 Å². The molecule has 6 heteroatoms. The molecule has 1 heterocycles. The number of amides is 1. The van der Waals surface area contributed by atoms with Crippen molar-refractivity contribution >= 4 is 34.1 Å². The van der Waals surface area contributed by atoms with E-state index in [4.69, 9.17) is 0 Å². The van der Waals surface area contributed by atoms with Crippen LogP contribution in [0, 0.1) is 13.8 Å². The molecular weight excluding hydrogens is 278 g/mol. The van der Waals surface area contributed by atoms with Crippen LogP contribution in [0.2, 0.25) is 0 Å². The number of nitrogens with zero attached hydrogens (tertiary/aromatic N) is 2. The minimum absolute atomic E-state index is 0.0340. The van der Waals surface area contributed by atoms with E-state index in [1.807, 2.05) is 6.92 Å². The van der Waals surface area contributed by atoms with Gasteiger partial charge in [-0.3, -0.25) is 10.1 Å². The number of carbonyl (C=O) groups excluding carboxylic acids is 1. The average Bonchev–Trinajstić information content (AvgIpc) is 2.77. The molecule has 0 bridgehead atoms. The summed E-state index contributed by atoms with van der Waals surface area (Å²) in [6, 6.07) is 8.35. The van der Waals surface area contributed by atoms with E-state index < -0.39 is 0 Å². The maximum atomic E-state index is 11.7. The van der Waals surface area contributed by atoms with Crippen molar-refractivity contribution in [2.24, 2.45) is 0 Å². The van der Waals surface area contributed by atoms with Crippen molar-refractivity contribution in [2.45, 2.75) is 19.6 Å². The normalized spacial score (nSPS) is 10.4. The van der Waals surface area contributed by atoms with Gasteiger partial charge in [-0.15, -0.1) is 22.0 Å². The highest BCUT2D eigenvalue weighted by molar-refractivity contribution is 7.99. The van der Waals surface area contributed by atoms with Crippen molar-refractivity contribution in [1.82, 2.24) is 10.2 Å². The van der Waals surface area contributed by atoms with Gasteiger partial charge in [0.05, 0.1) is 5.75 Å². The van der Waals surface area contributed by atoms with Crippen molar-refractivity contribution in [3.05, 3.63) is 40.4 Å². The van der Waals surface area contributed by atoms with E-state index in [0.29, 0.717) is 10.9 Å². The van der Waals surface area contributed by atoms with Gasteiger partial charge in [-0.2, -0.15) is 0 Å². The van der Waals surface area contributed by atoms with Gasteiger partial charge in [-0.05, 0) is 19.4 Å². The molecule has 0 atom stereocenters. The molecular formula is C13H15N3OS2. The number of hydrogen-bond acceptors (Lipinski definition) is 5. The highest BCUT2D eigenvalue weighted by Crippen LogP contribution is 2.16. The SMILES string of the molecule is Cc1ccc(CSCC(=O)Nc2nnc(C)s2)cc1. The fourth-order valence-corrected chi connectivity index (χ4v) is 2.84. The van der Waals surface area contributed by atoms with Gasteiger partial charge in [-0.1, -0.05) is 41.2 Å². The zero-order chi connectivity index (χ0) is 13.7. The van der Waals surface area contributed by atoms with Gasteiger partial charge < -0.3 is 0 Å². The Morgan fingerprint density at radius 2 is 2.00 bits per heavy atom. The topological polar surface area (TPSA) is 54.9 Å². The van der Waals surface area contributed by atoms with Gasteiger partial charge >= 0.3 is 0 Å². The Labute approximate surface area is 120 Å². The van der Waals surface area contributed by atoms with E-state index in [1.54, 1.807) is 11.8 Å². The first-order chi connectivity index (χ1) is 9.13. The van der Waals surface area contributed by atoms with Crippen molar-refractivity contribution in [1.29, 1.82) is 0 Å². The molecule has 1 aromatic heterocycles. The number of hydrogen-bond donors (Lipinski definition) is 1. The fourth-order valence-electron chi connectivity index (χ4n) is 1.45. The summed E-state index contributed by atoms with van der Waals surface area (Å²) in [4.78, 5) is 11.7.